The largest absolute Gasteiger partial charge is 0.380 e. The number of nitrogens with zero attached hydrogens (tertiary/aromatic N) is 2. The predicted molar refractivity (Wildman–Crippen MR) is 71.7 cm³/mol. The van der Waals surface area contributed by atoms with Crippen LogP contribution in [0.5, 0.6) is 0 Å². The van der Waals surface area contributed by atoms with Crippen LogP contribution in [0.1, 0.15) is 23.4 Å². The van der Waals surface area contributed by atoms with Crippen LogP contribution >= 0.6 is 0 Å². The van der Waals surface area contributed by atoms with E-state index in [1.54, 1.807) is 7.11 Å². The van der Waals surface area contributed by atoms with Gasteiger partial charge in [-0.15, -0.1) is 0 Å². The monoisotopic (exact) mass is 266 g/mol. The maximum atomic E-state index is 12.1. The molecule has 0 spiro atoms. The normalized spacial score (nSPS) is 22.7. The van der Waals surface area contributed by atoms with Gasteiger partial charge in [0.25, 0.3) is 0 Å². The van der Waals surface area contributed by atoms with E-state index in [1.165, 1.54) is 0 Å². The SMILES string of the molecule is COC1CNC(C(=O)NCc2c(C)nn(C)c2C)C1. The fraction of sp³-hybridized carbons (Fsp3) is 0.692. The maximum absolute atomic E-state index is 12.1. The molecule has 0 bridgehead atoms. The number of hydrogen-bond donors (Lipinski definition) is 2. The summed E-state index contributed by atoms with van der Waals surface area (Å²) in [4.78, 5) is 12.1. The highest BCUT2D eigenvalue weighted by atomic mass is 16.5. The molecule has 1 aromatic rings. The van der Waals surface area contributed by atoms with Crippen LogP contribution in [-0.2, 0) is 23.1 Å². The fourth-order valence-electron chi connectivity index (χ4n) is 2.45. The second-order valence-corrected chi connectivity index (χ2v) is 5.05. The van der Waals surface area contributed by atoms with E-state index >= 15 is 0 Å². The van der Waals surface area contributed by atoms with Crippen LogP contribution in [0.25, 0.3) is 0 Å². The van der Waals surface area contributed by atoms with Crippen molar-refractivity contribution in [2.75, 3.05) is 13.7 Å². The molecular formula is C13H22N4O2. The van der Waals surface area contributed by atoms with E-state index in [1.807, 2.05) is 25.6 Å². The van der Waals surface area contributed by atoms with Gasteiger partial charge in [-0.1, -0.05) is 0 Å². The first-order chi connectivity index (χ1) is 9.02. The number of amides is 1. The van der Waals surface area contributed by atoms with Gasteiger partial charge in [0.1, 0.15) is 0 Å². The summed E-state index contributed by atoms with van der Waals surface area (Å²) in [7, 11) is 3.59. The first-order valence-corrected chi connectivity index (χ1v) is 6.56. The van der Waals surface area contributed by atoms with Gasteiger partial charge >= 0.3 is 0 Å². The lowest BCUT2D eigenvalue weighted by Gasteiger charge is -2.11. The molecular weight excluding hydrogens is 244 g/mol. The first kappa shape index (κ1) is 14.0. The van der Waals surface area contributed by atoms with Crippen molar-refractivity contribution in [1.29, 1.82) is 0 Å². The van der Waals surface area contributed by atoms with E-state index in [2.05, 4.69) is 15.7 Å². The Morgan fingerprint density at radius 1 is 1.58 bits per heavy atom. The van der Waals surface area contributed by atoms with Crippen LogP contribution in [0, 0.1) is 13.8 Å². The number of nitrogens with one attached hydrogen (secondary N) is 2. The molecule has 1 aliphatic rings. The molecule has 6 nitrogen and oxygen atoms in total. The van der Waals surface area contributed by atoms with Crippen LogP contribution in [0.15, 0.2) is 0 Å². The molecule has 1 aliphatic heterocycles. The summed E-state index contributed by atoms with van der Waals surface area (Å²) in [6.07, 6.45) is 0.866. The van der Waals surface area contributed by atoms with E-state index < -0.39 is 0 Å². The highest BCUT2D eigenvalue weighted by Crippen LogP contribution is 2.13. The zero-order chi connectivity index (χ0) is 14.0. The summed E-state index contributed by atoms with van der Waals surface area (Å²) in [6, 6.07) is -0.151. The molecule has 1 saturated heterocycles. The Morgan fingerprint density at radius 3 is 2.84 bits per heavy atom. The van der Waals surface area contributed by atoms with Crippen molar-refractivity contribution >= 4 is 5.91 Å². The third kappa shape index (κ3) is 2.96. The summed E-state index contributed by atoms with van der Waals surface area (Å²) in [5.41, 5.74) is 3.15. The molecule has 6 heteroatoms. The Bertz CT molecular complexity index is 469. The van der Waals surface area contributed by atoms with Gasteiger partial charge in [0, 0.05) is 38.5 Å². The maximum Gasteiger partial charge on any atom is 0.237 e. The minimum absolute atomic E-state index is 0.0298. The van der Waals surface area contributed by atoms with Crippen molar-refractivity contribution < 1.29 is 9.53 Å². The van der Waals surface area contributed by atoms with Gasteiger partial charge in [0.15, 0.2) is 0 Å². The second-order valence-electron chi connectivity index (χ2n) is 5.05. The number of carbonyl (C=O) groups excluding carboxylic acids is 1. The van der Waals surface area contributed by atoms with Crippen molar-refractivity contribution in [1.82, 2.24) is 20.4 Å². The Labute approximate surface area is 113 Å². The lowest BCUT2D eigenvalue weighted by molar-refractivity contribution is -0.123. The van der Waals surface area contributed by atoms with E-state index in [4.69, 9.17) is 4.74 Å². The minimum atomic E-state index is -0.151. The average Bonchev–Trinajstić information content (AvgIpc) is 2.94. The van der Waals surface area contributed by atoms with Crippen molar-refractivity contribution in [3.63, 3.8) is 0 Å². The highest BCUT2D eigenvalue weighted by molar-refractivity contribution is 5.82. The van der Waals surface area contributed by atoms with Gasteiger partial charge in [0.2, 0.25) is 5.91 Å². The molecule has 1 amide bonds. The molecule has 2 unspecified atom stereocenters. The topological polar surface area (TPSA) is 68.2 Å². The quantitative estimate of drug-likeness (QED) is 0.807. The van der Waals surface area contributed by atoms with Gasteiger partial charge in [-0.25, -0.2) is 0 Å². The minimum Gasteiger partial charge on any atom is -0.380 e. The molecule has 2 rings (SSSR count). The van der Waals surface area contributed by atoms with Crippen molar-refractivity contribution in [3.8, 4) is 0 Å². The summed E-state index contributed by atoms with van der Waals surface area (Å²) in [6.45, 7) is 5.24. The predicted octanol–water partition coefficient (Wildman–Crippen LogP) is 0.0300. The van der Waals surface area contributed by atoms with Crippen LogP contribution in [-0.4, -0.2) is 41.5 Å². The zero-order valence-corrected chi connectivity index (χ0v) is 12.0. The average molecular weight is 266 g/mol. The molecule has 1 aromatic heterocycles. The van der Waals surface area contributed by atoms with Crippen LogP contribution in [0.4, 0.5) is 0 Å². The molecule has 1 fully saturated rings. The van der Waals surface area contributed by atoms with Crippen molar-refractivity contribution in [3.05, 3.63) is 17.0 Å². The molecule has 0 aliphatic carbocycles. The number of ether oxygens (including phenoxy) is 1. The molecule has 2 atom stereocenters. The summed E-state index contributed by atoms with van der Waals surface area (Å²) < 4.78 is 7.08. The van der Waals surface area contributed by atoms with Gasteiger partial charge in [-0.05, 0) is 20.3 Å². The number of carbonyl (C=O) groups is 1. The molecule has 19 heavy (non-hydrogen) atoms. The van der Waals surface area contributed by atoms with Crippen LogP contribution in [0.2, 0.25) is 0 Å². The molecule has 0 saturated carbocycles. The summed E-state index contributed by atoms with van der Waals surface area (Å²) >= 11 is 0. The van der Waals surface area contributed by atoms with Crippen LogP contribution in [0.3, 0.4) is 0 Å². The van der Waals surface area contributed by atoms with Crippen molar-refractivity contribution in [2.24, 2.45) is 7.05 Å². The third-order valence-corrected chi connectivity index (χ3v) is 3.84. The number of hydrogen-bond acceptors (Lipinski definition) is 4. The van der Waals surface area contributed by atoms with Crippen molar-refractivity contribution in [2.45, 2.75) is 39.0 Å². The third-order valence-electron chi connectivity index (χ3n) is 3.84. The molecule has 2 heterocycles. The Hall–Kier alpha value is -1.40. The Morgan fingerprint density at radius 2 is 2.32 bits per heavy atom. The van der Waals surface area contributed by atoms with E-state index in [0.717, 1.165) is 29.9 Å². The molecule has 106 valence electrons. The number of aromatic nitrogens is 2. The summed E-state index contributed by atoms with van der Waals surface area (Å²) in [5, 5.41) is 10.5. The fourth-order valence-corrected chi connectivity index (χ4v) is 2.45. The number of aryl methyl sites for hydroxylation is 2. The standard InChI is InChI=1S/C13H22N4O2/c1-8-11(9(2)17(3)16-8)7-15-13(18)12-5-10(19-4)6-14-12/h10,12,14H,5-7H2,1-4H3,(H,15,18). The second kappa shape index (κ2) is 5.71. The van der Waals surface area contributed by atoms with Crippen LogP contribution < -0.4 is 10.6 Å². The van der Waals surface area contributed by atoms with Gasteiger partial charge in [-0.2, -0.15) is 5.10 Å². The molecule has 0 radical (unpaired) electrons. The smallest absolute Gasteiger partial charge is 0.237 e. The highest BCUT2D eigenvalue weighted by Gasteiger charge is 2.29. The lowest BCUT2D eigenvalue weighted by atomic mass is 10.1. The van der Waals surface area contributed by atoms with Gasteiger partial charge in [-0.3, -0.25) is 9.48 Å². The lowest BCUT2D eigenvalue weighted by Crippen LogP contribution is -2.40. The van der Waals surface area contributed by atoms with E-state index in [9.17, 15) is 4.79 Å². The Balaban J connectivity index is 1.90. The van der Waals surface area contributed by atoms with Gasteiger partial charge in [0.05, 0.1) is 17.8 Å². The van der Waals surface area contributed by atoms with Gasteiger partial charge < -0.3 is 15.4 Å². The number of methoxy groups -OCH3 is 1. The first-order valence-electron chi connectivity index (χ1n) is 6.56. The zero-order valence-electron chi connectivity index (χ0n) is 12.0. The van der Waals surface area contributed by atoms with E-state index in [-0.39, 0.29) is 18.1 Å². The number of rotatable bonds is 4. The molecule has 0 aromatic carbocycles. The van der Waals surface area contributed by atoms with E-state index in [0.29, 0.717) is 6.54 Å². The molecule has 2 N–H and O–H groups in total. The summed E-state index contributed by atoms with van der Waals surface area (Å²) in [5.74, 6) is 0.0298. The Kier molecular flexibility index (Phi) is 4.21.